The van der Waals surface area contributed by atoms with Gasteiger partial charge in [-0.05, 0) is 0 Å². The number of alkyl halides is 1. The van der Waals surface area contributed by atoms with Crippen molar-refractivity contribution in [2.45, 2.75) is 6.10 Å². The maximum atomic E-state index is 5.27. The SMILES string of the molecule is ClCC1CO1.[H-].[Na+]. The van der Waals surface area contributed by atoms with Gasteiger partial charge in [-0.2, -0.15) is 0 Å². The molecule has 3 heteroatoms. The summed E-state index contributed by atoms with van der Waals surface area (Å²) in [6.45, 7) is 0.878. The molecule has 0 bridgehead atoms. The van der Waals surface area contributed by atoms with Crippen molar-refractivity contribution >= 4 is 11.6 Å². The molecule has 0 aromatic heterocycles. The number of hydrogen-bond donors (Lipinski definition) is 0. The van der Waals surface area contributed by atoms with Crippen LogP contribution in [-0.4, -0.2) is 18.6 Å². The molecule has 0 amide bonds. The standard InChI is InChI=1S/C3H5ClO.Na.H/c4-1-3-2-5-3;;/h3H,1-2H2;;/q;+1;-1. The Morgan fingerprint density at radius 1 is 2.00 bits per heavy atom. The molecular weight excluding hydrogens is 110 g/mol. The van der Waals surface area contributed by atoms with Gasteiger partial charge in [0.25, 0.3) is 0 Å². The molecule has 0 radical (unpaired) electrons. The third kappa shape index (κ3) is 2.43. The summed E-state index contributed by atoms with van der Waals surface area (Å²) in [6, 6.07) is 0. The second-order valence-electron chi connectivity index (χ2n) is 1.11. The first-order chi connectivity index (χ1) is 2.43. The summed E-state index contributed by atoms with van der Waals surface area (Å²) < 4.78 is 4.73. The molecule has 1 rings (SSSR count). The van der Waals surface area contributed by atoms with Gasteiger partial charge in [-0.1, -0.05) is 0 Å². The fourth-order valence-electron chi connectivity index (χ4n) is 0.157. The van der Waals surface area contributed by atoms with E-state index < -0.39 is 0 Å². The maximum Gasteiger partial charge on any atom is 1.00 e. The average molecular weight is 117 g/mol. The zero-order chi connectivity index (χ0) is 3.70. The van der Waals surface area contributed by atoms with Gasteiger partial charge in [0, 0.05) is 0 Å². The summed E-state index contributed by atoms with van der Waals surface area (Å²) in [5.41, 5.74) is 0. The van der Waals surface area contributed by atoms with Gasteiger partial charge in [0.2, 0.25) is 0 Å². The molecule has 1 unspecified atom stereocenters. The van der Waals surface area contributed by atoms with Gasteiger partial charge in [0.15, 0.2) is 0 Å². The molecule has 1 saturated heterocycles. The Labute approximate surface area is 65.8 Å². The van der Waals surface area contributed by atoms with Gasteiger partial charge in [-0.15, -0.1) is 11.6 Å². The zero-order valence-electron chi connectivity index (χ0n) is 4.78. The fourth-order valence-corrected chi connectivity index (χ4v) is 0.335. The van der Waals surface area contributed by atoms with Crippen LogP contribution in [0.5, 0.6) is 0 Å². The number of ether oxygens (including phenoxy) is 1. The predicted octanol–water partition coefficient (Wildman–Crippen LogP) is -2.26. The molecule has 32 valence electrons. The zero-order valence-corrected chi connectivity index (χ0v) is 6.53. The van der Waals surface area contributed by atoms with Crippen molar-refractivity contribution < 1.29 is 35.7 Å². The summed E-state index contributed by atoms with van der Waals surface area (Å²) in [7, 11) is 0. The van der Waals surface area contributed by atoms with Crippen LogP contribution in [0.4, 0.5) is 0 Å². The van der Waals surface area contributed by atoms with Gasteiger partial charge in [0.1, 0.15) is 0 Å². The minimum atomic E-state index is 0. The van der Waals surface area contributed by atoms with Crippen LogP contribution in [0.2, 0.25) is 0 Å². The Morgan fingerprint density at radius 2 is 2.50 bits per heavy atom. The van der Waals surface area contributed by atoms with Gasteiger partial charge in [0.05, 0.1) is 18.6 Å². The molecule has 1 nitrogen and oxygen atoms in total. The smallest absolute Gasteiger partial charge is 1.00 e. The van der Waals surface area contributed by atoms with Crippen molar-refractivity contribution in [3.05, 3.63) is 0 Å². The van der Waals surface area contributed by atoms with E-state index in [4.69, 9.17) is 16.3 Å². The normalized spacial score (nSPS) is 28.5. The van der Waals surface area contributed by atoms with Gasteiger partial charge < -0.3 is 6.16 Å². The van der Waals surface area contributed by atoms with E-state index in [9.17, 15) is 0 Å². The minimum Gasteiger partial charge on any atom is -1.00 e. The molecule has 1 aliphatic rings. The molecule has 0 aromatic rings. The maximum absolute atomic E-state index is 5.27. The van der Waals surface area contributed by atoms with E-state index in [2.05, 4.69) is 0 Å². The number of hydrogen-bond acceptors (Lipinski definition) is 1. The topological polar surface area (TPSA) is 12.5 Å². The third-order valence-electron chi connectivity index (χ3n) is 0.574. The summed E-state index contributed by atoms with van der Waals surface area (Å²) in [5.74, 6) is 0.667. The van der Waals surface area contributed by atoms with Crippen molar-refractivity contribution in [3.8, 4) is 0 Å². The second-order valence-corrected chi connectivity index (χ2v) is 1.42. The Hall–Kier alpha value is 1.25. The van der Waals surface area contributed by atoms with Crippen LogP contribution in [0, 0.1) is 0 Å². The molecule has 1 atom stereocenters. The largest absolute Gasteiger partial charge is 1.00 e. The van der Waals surface area contributed by atoms with Crippen LogP contribution < -0.4 is 29.6 Å². The predicted molar refractivity (Wildman–Crippen MR) is 21.6 cm³/mol. The van der Waals surface area contributed by atoms with E-state index in [1.165, 1.54) is 0 Å². The Morgan fingerprint density at radius 3 is 2.50 bits per heavy atom. The molecule has 0 spiro atoms. The van der Waals surface area contributed by atoms with E-state index in [0.717, 1.165) is 6.61 Å². The first-order valence-corrected chi connectivity index (χ1v) is 2.14. The van der Waals surface area contributed by atoms with Crippen LogP contribution in [0.15, 0.2) is 0 Å². The van der Waals surface area contributed by atoms with Crippen molar-refractivity contribution in [3.63, 3.8) is 0 Å². The van der Waals surface area contributed by atoms with Crippen LogP contribution in [0.3, 0.4) is 0 Å². The van der Waals surface area contributed by atoms with E-state index >= 15 is 0 Å². The Bertz CT molecular complexity index is 41.9. The number of epoxide rings is 1. The number of rotatable bonds is 1. The first kappa shape index (κ1) is 7.25. The van der Waals surface area contributed by atoms with Gasteiger partial charge in [-0.3, -0.25) is 0 Å². The summed E-state index contributed by atoms with van der Waals surface area (Å²) >= 11 is 5.27. The second kappa shape index (κ2) is 3.28. The average Bonchev–Trinajstić information content (AvgIpc) is 2.12. The monoisotopic (exact) mass is 116 g/mol. The molecule has 0 aromatic carbocycles. The summed E-state index contributed by atoms with van der Waals surface area (Å²) in [4.78, 5) is 0. The van der Waals surface area contributed by atoms with Crippen LogP contribution in [0.25, 0.3) is 0 Å². The van der Waals surface area contributed by atoms with Crippen LogP contribution in [0.1, 0.15) is 1.43 Å². The quantitative estimate of drug-likeness (QED) is 0.214. The van der Waals surface area contributed by atoms with Crippen molar-refractivity contribution in [1.82, 2.24) is 0 Å². The molecule has 6 heavy (non-hydrogen) atoms. The molecule has 1 heterocycles. The number of halogens is 1. The molecule has 0 aliphatic carbocycles. The van der Waals surface area contributed by atoms with Crippen molar-refractivity contribution in [1.29, 1.82) is 0 Å². The van der Waals surface area contributed by atoms with Crippen molar-refractivity contribution in [2.75, 3.05) is 12.5 Å². The molecule has 1 aliphatic heterocycles. The molecule has 0 N–H and O–H groups in total. The third-order valence-corrected chi connectivity index (χ3v) is 0.919. The van der Waals surface area contributed by atoms with E-state index in [-0.39, 0.29) is 31.0 Å². The fraction of sp³-hybridized carbons (Fsp3) is 1.00. The van der Waals surface area contributed by atoms with Gasteiger partial charge >= 0.3 is 29.6 Å². The van der Waals surface area contributed by atoms with Gasteiger partial charge in [-0.25, -0.2) is 0 Å². The Kier molecular flexibility index (Phi) is 3.96. The van der Waals surface area contributed by atoms with E-state index in [1.807, 2.05) is 0 Å². The molecular formula is C3H6ClNaO. The minimum absolute atomic E-state index is 0. The van der Waals surface area contributed by atoms with E-state index in [1.54, 1.807) is 0 Å². The van der Waals surface area contributed by atoms with Crippen LogP contribution in [-0.2, 0) is 4.74 Å². The van der Waals surface area contributed by atoms with E-state index in [0.29, 0.717) is 12.0 Å². The first-order valence-electron chi connectivity index (χ1n) is 1.61. The Balaban J connectivity index is 0. The molecule has 0 saturated carbocycles. The van der Waals surface area contributed by atoms with Crippen molar-refractivity contribution in [2.24, 2.45) is 0 Å². The summed E-state index contributed by atoms with van der Waals surface area (Å²) in [5, 5.41) is 0. The molecule has 1 fully saturated rings. The summed E-state index contributed by atoms with van der Waals surface area (Å²) in [6.07, 6.45) is 0.400. The van der Waals surface area contributed by atoms with Crippen LogP contribution >= 0.6 is 11.6 Å².